The van der Waals surface area contributed by atoms with Gasteiger partial charge in [-0.15, -0.1) is 0 Å². The molecule has 1 radical (unpaired) electrons. The van der Waals surface area contributed by atoms with Crippen molar-refractivity contribution >= 4 is 19.4 Å². The number of hydrogen-bond donors (Lipinski definition) is 0. The summed E-state index contributed by atoms with van der Waals surface area (Å²) >= 11 is 0.444. The zero-order chi connectivity index (χ0) is 7.23. The third-order valence-electron chi connectivity index (χ3n) is 0.917. The van der Waals surface area contributed by atoms with Crippen LogP contribution in [0, 0.1) is 6.07 Å². The van der Waals surface area contributed by atoms with Crippen molar-refractivity contribution in [3.8, 4) is 0 Å². The van der Waals surface area contributed by atoms with Gasteiger partial charge in [0.05, 0.1) is 0 Å². The fourth-order valence-corrected chi connectivity index (χ4v) is 1.68. The van der Waals surface area contributed by atoms with Crippen molar-refractivity contribution in [3.05, 3.63) is 35.6 Å². The second-order valence-corrected chi connectivity index (χ2v) is 3.76. The second kappa shape index (κ2) is 4.26. The van der Waals surface area contributed by atoms with Crippen LogP contribution in [0.25, 0.3) is 0 Å². The van der Waals surface area contributed by atoms with Gasteiger partial charge in [0.25, 0.3) is 0 Å². The molecule has 0 unspecified atom stereocenters. The Morgan fingerprint density at radius 3 is 3.20 bits per heavy atom. The molecule has 0 spiro atoms. The molecule has 0 atom stereocenters. The van der Waals surface area contributed by atoms with E-state index in [0.717, 1.165) is 0 Å². The van der Waals surface area contributed by atoms with Gasteiger partial charge in [0.2, 0.25) is 0 Å². The molecule has 0 saturated carbocycles. The molecule has 0 N–H and O–H groups in total. The van der Waals surface area contributed by atoms with Crippen LogP contribution in [0.4, 0.5) is 0 Å². The molecular weight excluding hydrogens is 189 g/mol. The SMILES string of the molecule is CC=C[Se]c1c[c]cnc1. The van der Waals surface area contributed by atoms with Gasteiger partial charge in [-0.05, 0) is 0 Å². The summed E-state index contributed by atoms with van der Waals surface area (Å²) < 4.78 is 1.27. The maximum absolute atomic E-state index is 3.96. The van der Waals surface area contributed by atoms with Crippen LogP contribution in [-0.4, -0.2) is 19.9 Å². The molecule has 1 aromatic rings. The van der Waals surface area contributed by atoms with Crippen LogP contribution in [0.3, 0.4) is 0 Å². The molecule has 0 aliphatic carbocycles. The van der Waals surface area contributed by atoms with E-state index in [0.29, 0.717) is 15.0 Å². The van der Waals surface area contributed by atoms with Gasteiger partial charge in [0.1, 0.15) is 0 Å². The summed E-state index contributed by atoms with van der Waals surface area (Å²) in [6, 6.07) is 4.92. The van der Waals surface area contributed by atoms with Crippen LogP contribution in [0.15, 0.2) is 29.5 Å². The molecule has 51 valence electrons. The Kier molecular flexibility index (Phi) is 3.20. The Balaban J connectivity index is 2.59. The molecule has 1 rings (SSSR count). The molecule has 1 aromatic heterocycles. The van der Waals surface area contributed by atoms with Crippen molar-refractivity contribution < 1.29 is 0 Å². The molecular formula is C8H8NSe. The molecule has 0 saturated heterocycles. The number of pyridine rings is 1. The fraction of sp³-hybridized carbons (Fsp3) is 0.125. The maximum atomic E-state index is 3.96. The van der Waals surface area contributed by atoms with Gasteiger partial charge in [-0.2, -0.15) is 0 Å². The van der Waals surface area contributed by atoms with E-state index in [1.807, 2.05) is 19.2 Å². The Morgan fingerprint density at radius 1 is 1.70 bits per heavy atom. The van der Waals surface area contributed by atoms with Crippen molar-refractivity contribution in [1.82, 2.24) is 4.98 Å². The minimum absolute atomic E-state index is 0.444. The van der Waals surface area contributed by atoms with E-state index in [4.69, 9.17) is 0 Å². The molecule has 1 heterocycles. The van der Waals surface area contributed by atoms with Gasteiger partial charge in [-0.3, -0.25) is 0 Å². The van der Waals surface area contributed by atoms with E-state index in [-0.39, 0.29) is 0 Å². The van der Waals surface area contributed by atoms with Crippen molar-refractivity contribution in [2.75, 3.05) is 0 Å². The third kappa shape index (κ3) is 2.34. The van der Waals surface area contributed by atoms with Crippen LogP contribution in [0.5, 0.6) is 0 Å². The summed E-state index contributed by atoms with van der Waals surface area (Å²) in [5, 5.41) is 0. The van der Waals surface area contributed by atoms with E-state index in [2.05, 4.69) is 22.1 Å². The zero-order valence-electron chi connectivity index (χ0n) is 5.74. The minimum atomic E-state index is 0.444. The van der Waals surface area contributed by atoms with Crippen LogP contribution in [0.2, 0.25) is 0 Å². The fourth-order valence-electron chi connectivity index (χ4n) is 0.521. The second-order valence-electron chi connectivity index (χ2n) is 1.71. The number of aromatic nitrogens is 1. The Bertz CT molecular complexity index is 206. The normalized spacial score (nSPS) is 10.5. The number of rotatable bonds is 2. The van der Waals surface area contributed by atoms with Gasteiger partial charge in [-0.1, -0.05) is 0 Å². The van der Waals surface area contributed by atoms with Gasteiger partial charge in [0, 0.05) is 0 Å². The number of allylic oxidation sites excluding steroid dienone is 1. The molecule has 0 amide bonds. The Morgan fingerprint density at radius 2 is 2.60 bits per heavy atom. The quantitative estimate of drug-likeness (QED) is 0.637. The Labute approximate surface area is 67.3 Å². The van der Waals surface area contributed by atoms with Crippen LogP contribution < -0.4 is 4.46 Å². The van der Waals surface area contributed by atoms with E-state index in [1.165, 1.54) is 4.46 Å². The summed E-state index contributed by atoms with van der Waals surface area (Å²) in [5.74, 6) is 0. The van der Waals surface area contributed by atoms with E-state index >= 15 is 0 Å². The van der Waals surface area contributed by atoms with E-state index in [1.54, 1.807) is 6.20 Å². The summed E-state index contributed by atoms with van der Waals surface area (Å²) in [5.41, 5.74) is 0. The molecule has 0 aliphatic heterocycles. The monoisotopic (exact) mass is 198 g/mol. The van der Waals surface area contributed by atoms with Gasteiger partial charge < -0.3 is 0 Å². The summed E-state index contributed by atoms with van der Waals surface area (Å²) in [6.45, 7) is 2.03. The predicted molar refractivity (Wildman–Crippen MR) is 43.3 cm³/mol. The van der Waals surface area contributed by atoms with Crippen molar-refractivity contribution in [2.24, 2.45) is 0 Å². The first-order chi connectivity index (χ1) is 4.93. The Hall–Kier alpha value is -0.591. The topological polar surface area (TPSA) is 12.9 Å². The van der Waals surface area contributed by atoms with Crippen molar-refractivity contribution in [1.29, 1.82) is 0 Å². The van der Waals surface area contributed by atoms with Crippen LogP contribution in [0.1, 0.15) is 6.92 Å². The zero-order valence-corrected chi connectivity index (χ0v) is 7.46. The molecule has 0 fully saturated rings. The van der Waals surface area contributed by atoms with Crippen LogP contribution >= 0.6 is 0 Å². The van der Waals surface area contributed by atoms with Gasteiger partial charge in [0.15, 0.2) is 0 Å². The molecule has 2 heteroatoms. The summed E-state index contributed by atoms with van der Waals surface area (Å²) in [6.07, 6.45) is 5.62. The standard InChI is InChI=1S/C8H8NSe/c1-2-6-10-8-4-3-5-9-7-8/h2,4-7H,1H3. The molecule has 0 aromatic carbocycles. The van der Waals surface area contributed by atoms with Gasteiger partial charge in [-0.25, -0.2) is 0 Å². The molecule has 1 nitrogen and oxygen atoms in total. The third-order valence-corrected chi connectivity index (χ3v) is 2.81. The first-order valence-electron chi connectivity index (χ1n) is 3.02. The van der Waals surface area contributed by atoms with Crippen molar-refractivity contribution in [3.63, 3.8) is 0 Å². The number of nitrogens with zero attached hydrogens (tertiary/aromatic N) is 1. The molecule has 0 bridgehead atoms. The molecule has 0 aliphatic rings. The average molecular weight is 197 g/mol. The average Bonchev–Trinajstić information content (AvgIpc) is 2.03. The predicted octanol–water partition coefficient (Wildman–Crippen LogP) is 0.745. The van der Waals surface area contributed by atoms with E-state index in [9.17, 15) is 0 Å². The molecule has 10 heavy (non-hydrogen) atoms. The van der Waals surface area contributed by atoms with Gasteiger partial charge >= 0.3 is 66.9 Å². The first kappa shape index (κ1) is 7.52. The number of hydrogen-bond acceptors (Lipinski definition) is 1. The summed E-state index contributed by atoms with van der Waals surface area (Å²) in [4.78, 5) is 6.13. The van der Waals surface area contributed by atoms with Crippen LogP contribution in [-0.2, 0) is 0 Å². The summed E-state index contributed by atoms with van der Waals surface area (Å²) in [7, 11) is 0. The first-order valence-corrected chi connectivity index (χ1v) is 4.87. The van der Waals surface area contributed by atoms with Crippen molar-refractivity contribution in [2.45, 2.75) is 6.92 Å². The van der Waals surface area contributed by atoms with E-state index < -0.39 is 0 Å².